The van der Waals surface area contributed by atoms with Crippen molar-refractivity contribution in [1.29, 1.82) is 0 Å². The number of amides is 1. The largest absolute Gasteiger partial charge is 0.457 e. The predicted octanol–water partition coefficient (Wildman–Crippen LogP) is 2.90. The lowest BCUT2D eigenvalue weighted by Crippen LogP contribution is -2.36. The van der Waals surface area contributed by atoms with E-state index in [4.69, 9.17) is 10.5 Å². The van der Waals surface area contributed by atoms with Crippen molar-refractivity contribution in [3.63, 3.8) is 0 Å². The molecular weight excluding hydrogens is 372 g/mol. The van der Waals surface area contributed by atoms with E-state index in [1.165, 1.54) is 12.1 Å². The Kier molecular flexibility index (Phi) is 7.07. The average Bonchev–Trinajstić information content (AvgIpc) is 2.61. The fraction of sp³-hybridized carbons (Fsp3) is 0.278. The van der Waals surface area contributed by atoms with E-state index in [0.717, 1.165) is 12.0 Å². The van der Waals surface area contributed by atoms with Crippen molar-refractivity contribution in [2.24, 2.45) is 5.73 Å². The van der Waals surface area contributed by atoms with E-state index in [9.17, 15) is 13.2 Å². The van der Waals surface area contributed by atoms with E-state index in [2.05, 4.69) is 5.32 Å². The highest BCUT2D eigenvalue weighted by atomic mass is 32.2. The highest BCUT2D eigenvalue weighted by Gasteiger charge is 2.13. The monoisotopic (exact) mass is 394 g/mol. The molecule has 0 spiro atoms. The molecule has 0 saturated heterocycles. The van der Waals surface area contributed by atoms with Crippen LogP contribution in [0.1, 0.15) is 6.42 Å². The summed E-state index contributed by atoms with van der Waals surface area (Å²) in [6.45, 7) is 0. The summed E-state index contributed by atoms with van der Waals surface area (Å²) in [4.78, 5) is 12.2. The first-order valence-electron chi connectivity index (χ1n) is 7.93. The van der Waals surface area contributed by atoms with Crippen LogP contribution in [-0.2, 0) is 14.6 Å². The molecular formula is C18H22N2O4S2. The number of benzene rings is 2. The van der Waals surface area contributed by atoms with Crippen LogP contribution >= 0.6 is 11.8 Å². The summed E-state index contributed by atoms with van der Waals surface area (Å²) in [7, 11) is -3.23. The molecule has 6 nitrogen and oxygen atoms in total. The molecule has 0 unspecified atom stereocenters. The van der Waals surface area contributed by atoms with Crippen LogP contribution in [0.2, 0.25) is 0 Å². The number of nitrogens with two attached hydrogens (primary N) is 1. The molecule has 8 heteroatoms. The van der Waals surface area contributed by atoms with Crippen LogP contribution in [0.25, 0.3) is 0 Å². The Morgan fingerprint density at radius 2 is 1.65 bits per heavy atom. The van der Waals surface area contributed by atoms with Crippen molar-refractivity contribution < 1.29 is 17.9 Å². The smallest absolute Gasteiger partial charge is 0.241 e. The number of sulfone groups is 1. The van der Waals surface area contributed by atoms with Gasteiger partial charge in [-0.2, -0.15) is 11.8 Å². The maximum Gasteiger partial charge on any atom is 0.241 e. The first-order chi connectivity index (χ1) is 12.3. The lowest BCUT2D eigenvalue weighted by atomic mass is 10.2. The quantitative estimate of drug-likeness (QED) is 0.714. The third-order valence-electron chi connectivity index (χ3n) is 3.58. The molecule has 3 N–H and O–H groups in total. The van der Waals surface area contributed by atoms with Crippen molar-refractivity contribution >= 4 is 33.2 Å². The number of hydrogen-bond donors (Lipinski definition) is 2. The average molecular weight is 395 g/mol. The number of carbonyl (C=O) groups is 1. The molecule has 140 valence electrons. The third kappa shape index (κ3) is 6.05. The topological polar surface area (TPSA) is 98.5 Å². The lowest BCUT2D eigenvalue weighted by Gasteiger charge is -2.12. The first-order valence-corrected chi connectivity index (χ1v) is 11.2. The van der Waals surface area contributed by atoms with Crippen molar-refractivity contribution in [2.45, 2.75) is 17.4 Å². The summed E-state index contributed by atoms with van der Waals surface area (Å²) < 4.78 is 28.6. The highest BCUT2D eigenvalue weighted by Crippen LogP contribution is 2.24. The number of thioether (sulfide) groups is 1. The zero-order chi connectivity index (χ0) is 19.2. The maximum absolute atomic E-state index is 12.0. The van der Waals surface area contributed by atoms with Crippen LogP contribution in [0, 0.1) is 0 Å². The molecule has 2 aromatic rings. The van der Waals surface area contributed by atoms with Gasteiger partial charge < -0.3 is 15.8 Å². The molecule has 1 atom stereocenters. The molecule has 2 rings (SSSR count). The van der Waals surface area contributed by atoms with Gasteiger partial charge >= 0.3 is 0 Å². The molecule has 26 heavy (non-hydrogen) atoms. The number of carbonyl (C=O) groups excluding carboxylic acids is 1. The zero-order valence-corrected chi connectivity index (χ0v) is 16.3. The molecule has 0 saturated carbocycles. The Balaban J connectivity index is 1.96. The number of ether oxygens (including phenoxy) is 1. The summed E-state index contributed by atoms with van der Waals surface area (Å²) in [6.07, 6.45) is 3.75. The predicted molar refractivity (Wildman–Crippen MR) is 106 cm³/mol. The molecule has 0 radical (unpaired) electrons. The van der Waals surface area contributed by atoms with Crippen LogP contribution in [0.15, 0.2) is 53.4 Å². The Morgan fingerprint density at radius 1 is 1.12 bits per heavy atom. The van der Waals surface area contributed by atoms with E-state index in [0.29, 0.717) is 23.6 Å². The minimum Gasteiger partial charge on any atom is -0.457 e. The number of anilines is 1. The molecule has 1 amide bonds. The second-order valence-electron chi connectivity index (χ2n) is 5.75. The van der Waals surface area contributed by atoms with E-state index < -0.39 is 15.9 Å². The summed E-state index contributed by atoms with van der Waals surface area (Å²) in [5.41, 5.74) is 6.47. The van der Waals surface area contributed by atoms with E-state index in [1.54, 1.807) is 48.2 Å². The van der Waals surface area contributed by atoms with Gasteiger partial charge in [-0.15, -0.1) is 0 Å². The molecule has 0 bridgehead atoms. The van der Waals surface area contributed by atoms with Crippen LogP contribution in [0.5, 0.6) is 11.5 Å². The summed E-state index contributed by atoms with van der Waals surface area (Å²) >= 11 is 1.65. The van der Waals surface area contributed by atoms with Gasteiger partial charge in [0, 0.05) is 11.9 Å². The Labute approximate surface area is 158 Å². The molecule has 0 aliphatic heterocycles. The van der Waals surface area contributed by atoms with Gasteiger partial charge in [0.1, 0.15) is 11.5 Å². The zero-order valence-electron chi connectivity index (χ0n) is 14.6. The SMILES string of the molecule is CSCC[C@H](N)C(=O)Nc1ccc(Oc2ccc(S(C)(=O)=O)cc2)cc1. The number of nitrogens with one attached hydrogen (secondary N) is 1. The van der Waals surface area contributed by atoms with Gasteiger partial charge in [0.25, 0.3) is 0 Å². The normalized spacial score (nSPS) is 12.4. The van der Waals surface area contributed by atoms with Gasteiger partial charge in [-0.1, -0.05) is 0 Å². The Hall–Kier alpha value is -2.03. The molecule has 0 aliphatic rings. The highest BCUT2D eigenvalue weighted by molar-refractivity contribution is 7.98. The van der Waals surface area contributed by atoms with E-state index >= 15 is 0 Å². The molecule has 0 heterocycles. The van der Waals surface area contributed by atoms with E-state index in [-0.39, 0.29) is 10.8 Å². The van der Waals surface area contributed by atoms with Crippen molar-refractivity contribution in [2.75, 3.05) is 23.6 Å². The molecule has 0 aliphatic carbocycles. The molecule has 0 aromatic heterocycles. The van der Waals surface area contributed by atoms with Gasteiger partial charge in [-0.05, 0) is 67.0 Å². The van der Waals surface area contributed by atoms with Gasteiger partial charge in [-0.3, -0.25) is 4.79 Å². The third-order valence-corrected chi connectivity index (χ3v) is 5.35. The van der Waals surface area contributed by atoms with Crippen LogP contribution in [-0.4, -0.2) is 38.6 Å². The summed E-state index contributed by atoms with van der Waals surface area (Å²) in [5, 5.41) is 2.77. The van der Waals surface area contributed by atoms with Crippen molar-refractivity contribution in [3.05, 3.63) is 48.5 Å². The fourth-order valence-corrected chi connectivity index (χ4v) is 3.23. The second-order valence-corrected chi connectivity index (χ2v) is 8.75. The number of hydrogen-bond acceptors (Lipinski definition) is 6. The molecule has 2 aromatic carbocycles. The van der Waals surface area contributed by atoms with E-state index in [1.807, 2.05) is 6.26 Å². The van der Waals surface area contributed by atoms with Crippen molar-refractivity contribution in [1.82, 2.24) is 0 Å². The summed E-state index contributed by atoms with van der Waals surface area (Å²) in [6, 6.07) is 12.5. The molecule has 0 fully saturated rings. The maximum atomic E-state index is 12.0. The second kappa shape index (κ2) is 9.07. The van der Waals surface area contributed by atoms with Crippen LogP contribution in [0.3, 0.4) is 0 Å². The first kappa shape index (κ1) is 20.3. The standard InChI is InChI=1S/C18H22N2O4S2/c1-25-12-11-17(19)18(21)20-13-3-5-14(6-4-13)24-15-7-9-16(10-8-15)26(2,22)23/h3-10,17H,11-12,19H2,1-2H3,(H,20,21)/t17-/m0/s1. The van der Waals surface area contributed by atoms with Crippen LogP contribution in [0.4, 0.5) is 5.69 Å². The van der Waals surface area contributed by atoms with Gasteiger partial charge in [0.15, 0.2) is 9.84 Å². The van der Waals surface area contributed by atoms with Crippen molar-refractivity contribution in [3.8, 4) is 11.5 Å². The van der Waals surface area contributed by atoms with Crippen LogP contribution < -0.4 is 15.8 Å². The van der Waals surface area contributed by atoms with Gasteiger partial charge in [0.05, 0.1) is 10.9 Å². The van der Waals surface area contributed by atoms with Gasteiger partial charge in [0.2, 0.25) is 5.91 Å². The minimum absolute atomic E-state index is 0.218. The lowest BCUT2D eigenvalue weighted by molar-refractivity contribution is -0.117. The van der Waals surface area contributed by atoms with Gasteiger partial charge in [-0.25, -0.2) is 8.42 Å². The fourth-order valence-electron chi connectivity index (χ4n) is 2.11. The number of rotatable bonds is 8. The summed E-state index contributed by atoms with van der Waals surface area (Å²) in [5.74, 6) is 1.71. The minimum atomic E-state index is -3.23. The Morgan fingerprint density at radius 3 is 2.15 bits per heavy atom. The Bertz CT molecular complexity index is 834.